The Kier molecular flexibility index (Phi) is 6.10. The van der Waals surface area contributed by atoms with Gasteiger partial charge in [-0.05, 0) is 5.72 Å². The number of nitrogens with zero attached hydrogens (tertiary/aromatic N) is 1. The van der Waals surface area contributed by atoms with E-state index in [4.69, 9.17) is 4.74 Å². The summed E-state index contributed by atoms with van der Waals surface area (Å²) >= 11 is 0. The van der Waals surface area contributed by atoms with Gasteiger partial charge in [-0.25, -0.2) is 0 Å². The van der Waals surface area contributed by atoms with Gasteiger partial charge in [-0.1, -0.05) is 13.8 Å². The fraction of sp³-hybridized carbons (Fsp3) is 1.00. The van der Waals surface area contributed by atoms with Crippen LogP contribution in [0.5, 0.6) is 0 Å². The smallest absolute Gasteiger partial charge is 0.0338 e. The zero-order valence-electron chi connectivity index (χ0n) is 5.73. The monoisotopic (exact) mass is 157 g/mol. The van der Waals surface area contributed by atoms with Gasteiger partial charge in [-0.2, -0.15) is 7.05 Å². The minimum atomic E-state index is -0.292. The average Bonchev–Trinajstić information content (AvgIpc) is 1.68. The Labute approximate surface area is 61.5 Å². The average molecular weight is 157 g/mol. The van der Waals surface area contributed by atoms with Gasteiger partial charge in [-0.3, -0.25) is 0 Å². The van der Waals surface area contributed by atoms with E-state index in [-0.39, 0.29) is 22.8 Å². The zero-order valence-corrected chi connectivity index (χ0v) is 6.91. The van der Waals surface area contributed by atoms with E-state index >= 15 is 0 Å². The van der Waals surface area contributed by atoms with Crippen molar-refractivity contribution in [2.45, 2.75) is 19.6 Å². The summed E-state index contributed by atoms with van der Waals surface area (Å²) < 4.78 is 4.92. The number of ether oxygens (including phenoxy) is 1. The molecule has 0 bridgehead atoms. The molecule has 0 heterocycles. The van der Waals surface area contributed by atoms with E-state index < -0.39 is 0 Å². The summed E-state index contributed by atoms with van der Waals surface area (Å²) in [6.07, 6.45) is 0. The van der Waals surface area contributed by atoms with Crippen LogP contribution in [0.2, 0.25) is 0 Å². The summed E-state index contributed by atoms with van der Waals surface area (Å²) in [5.41, 5.74) is -0.292. The molecule has 0 aliphatic rings. The Morgan fingerprint density at radius 1 is 1.38 bits per heavy atom. The second-order valence-electron chi connectivity index (χ2n) is 1.87. The first-order chi connectivity index (χ1) is 3.12. The fourth-order valence-electron chi connectivity index (χ4n) is 0.0913. The van der Waals surface area contributed by atoms with E-state index in [9.17, 15) is 0 Å². The molecule has 8 heavy (non-hydrogen) atoms. The first-order valence-corrected chi connectivity index (χ1v) is 2.28. The standard InChI is InChI=1S/C5H12NO.Mn/c1-5(2,6-3)7-4;/h1-4H3;/q-1;. The summed E-state index contributed by atoms with van der Waals surface area (Å²) in [5.74, 6) is 0. The van der Waals surface area contributed by atoms with Gasteiger partial charge in [0.2, 0.25) is 0 Å². The van der Waals surface area contributed by atoms with Gasteiger partial charge >= 0.3 is 0 Å². The topological polar surface area (TPSA) is 23.3 Å². The first-order valence-electron chi connectivity index (χ1n) is 2.28. The molecule has 0 aliphatic heterocycles. The molecule has 0 fully saturated rings. The molecule has 0 saturated carbocycles. The third-order valence-corrected chi connectivity index (χ3v) is 1.04. The van der Waals surface area contributed by atoms with Crippen molar-refractivity contribution in [3.05, 3.63) is 5.32 Å². The Morgan fingerprint density at radius 3 is 1.75 bits per heavy atom. The number of methoxy groups -OCH3 is 1. The minimum absolute atomic E-state index is 0. The predicted octanol–water partition coefficient (Wildman–Crippen LogP) is 1.37. The molecule has 3 heteroatoms. The summed E-state index contributed by atoms with van der Waals surface area (Å²) in [6.45, 7) is 3.82. The molecule has 0 N–H and O–H groups in total. The molecule has 0 rings (SSSR count). The Hall–Kier alpha value is 0.439. The van der Waals surface area contributed by atoms with Crippen LogP contribution in [0.4, 0.5) is 0 Å². The van der Waals surface area contributed by atoms with Crippen LogP contribution in [0.15, 0.2) is 0 Å². The largest absolute Gasteiger partial charge is 0.637 e. The van der Waals surface area contributed by atoms with Crippen LogP contribution in [0, 0.1) is 0 Å². The molecular formula is C5H12MnNO-. The van der Waals surface area contributed by atoms with Gasteiger partial charge in [0.15, 0.2) is 0 Å². The molecule has 0 amide bonds. The van der Waals surface area contributed by atoms with Crippen molar-refractivity contribution < 1.29 is 21.8 Å². The van der Waals surface area contributed by atoms with Crippen LogP contribution < -0.4 is 0 Å². The van der Waals surface area contributed by atoms with Crippen molar-refractivity contribution in [1.29, 1.82) is 0 Å². The van der Waals surface area contributed by atoms with Crippen LogP contribution in [0.3, 0.4) is 0 Å². The third kappa shape index (κ3) is 4.59. The van der Waals surface area contributed by atoms with Crippen LogP contribution in [0.25, 0.3) is 5.32 Å². The van der Waals surface area contributed by atoms with Gasteiger partial charge in [0.1, 0.15) is 0 Å². The molecule has 0 aromatic heterocycles. The minimum Gasteiger partial charge on any atom is -0.637 e. The summed E-state index contributed by atoms with van der Waals surface area (Å²) in [7, 11) is 3.39. The Balaban J connectivity index is 0. The van der Waals surface area contributed by atoms with Crippen LogP contribution in [-0.4, -0.2) is 19.9 Å². The normalized spacial score (nSPS) is 10.5. The molecule has 0 atom stereocenters. The second-order valence-corrected chi connectivity index (χ2v) is 1.87. The molecule has 1 radical (unpaired) electrons. The molecule has 0 saturated heterocycles. The van der Waals surface area contributed by atoms with Gasteiger partial charge in [0, 0.05) is 24.2 Å². The molecule has 0 aromatic carbocycles. The number of hydrogen-bond acceptors (Lipinski definition) is 1. The van der Waals surface area contributed by atoms with Crippen molar-refractivity contribution in [1.82, 2.24) is 0 Å². The van der Waals surface area contributed by atoms with Crippen LogP contribution >= 0.6 is 0 Å². The van der Waals surface area contributed by atoms with Crippen molar-refractivity contribution in [2.75, 3.05) is 14.2 Å². The SMILES string of the molecule is C[N-]C(C)(C)OC.[Mn]. The fourth-order valence-corrected chi connectivity index (χ4v) is 0.0913. The first kappa shape index (κ1) is 11.3. The second kappa shape index (κ2) is 4.33. The Bertz CT molecular complexity index is 50.4. The summed E-state index contributed by atoms with van der Waals surface area (Å²) in [6, 6.07) is 0. The number of rotatable bonds is 2. The molecule has 2 nitrogen and oxygen atoms in total. The molecule has 0 spiro atoms. The maximum atomic E-state index is 4.92. The molecule has 0 aromatic rings. The predicted molar refractivity (Wildman–Crippen MR) is 30.4 cm³/mol. The molecular weight excluding hydrogens is 145 g/mol. The van der Waals surface area contributed by atoms with Gasteiger partial charge in [0.05, 0.1) is 0 Å². The van der Waals surface area contributed by atoms with E-state index in [1.807, 2.05) is 13.8 Å². The van der Waals surface area contributed by atoms with Gasteiger partial charge < -0.3 is 10.1 Å². The van der Waals surface area contributed by atoms with E-state index in [0.717, 1.165) is 0 Å². The third-order valence-electron chi connectivity index (χ3n) is 1.04. The summed E-state index contributed by atoms with van der Waals surface area (Å²) in [4.78, 5) is 0. The molecule has 51 valence electrons. The van der Waals surface area contributed by atoms with Crippen LogP contribution in [-0.2, 0) is 21.8 Å². The van der Waals surface area contributed by atoms with Crippen LogP contribution in [0.1, 0.15) is 13.8 Å². The molecule has 0 aliphatic carbocycles. The quantitative estimate of drug-likeness (QED) is 0.555. The maximum Gasteiger partial charge on any atom is 0.0338 e. The van der Waals surface area contributed by atoms with E-state index in [2.05, 4.69) is 5.32 Å². The Morgan fingerprint density at radius 2 is 1.75 bits per heavy atom. The van der Waals surface area contributed by atoms with E-state index in [0.29, 0.717) is 0 Å². The van der Waals surface area contributed by atoms with Crippen molar-refractivity contribution >= 4 is 0 Å². The maximum absolute atomic E-state index is 4.92. The van der Waals surface area contributed by atoms with Crippen molar-refractivity contribution in [3.8, 4) is 0 Å². The summed E-state index contributed by atoms with van der Waals surface area (Å²) in [5, 5.41) is 3.92. The zero-order chi connectivity index (χ0) is 5.91. The van der Waals surface area contributed by atoms with Gasteiger partial charge in [-0.15, -0.1) is 0 Å². The number of hydrogen-bond donors (Lipinski definition) is 0. The van der Waals surface area contributed by atoms with Crippen molar-refractivity contribution in [2.24, 2.45) is 0 Å². The van der Waals surface area contributed by atoms with Crippen molar-refractivity contribution in [3.63, 3.8) is 0 Å². The van der Waals surface area contributed by atoms with E-state index in [1.165, 1.54) is 0 Å². The van der Waals surface area contributed by atoms with Gasteiger partial charge in [0.25, 0.3) is 0 Å². The van der Waals surface area contributed by atoms with E-state index in [1.54, 1.807) is 14.2 Å². The molecule has 0 unspecified atom stereocenters.